The van der Waals surface area contributed by atoms with Crippen LogP contribution < -0.4 is 5.32 Å². The lowest BCUT2D eigenvalue weighted by molar-refractivity contribution is 0.0848. The molecule has 1 saturated carbocycles. The Bertz CT molecular complexity index is 590. The van der Waals surface area contributed by atoms with Crippen LogP contribution in [0, 0.1) is 0 Å². The summed E-state index contributed by atoms with van der Waals surface area (Å²) in [5, 5.41) is 20.8. The quantitative estimate of drug-likeness (QED) is 0.877. The second-order valence-electron chi connectivity index (χ2n) is 5.13. The van der Waals surface area contributed by atoms with E-state index in [0.717, 1.165) is 29.3 Å². The molecule has 106 valence electrons. The number of hydrogen-bond acceptors (Lipinski definition) is 5. The molecule has 0 bridgehead atoms. The fourth-order valence-electron chi connectivity index (χ4n) is 2.33. The Hall–Kier alpha value is -1.24. The maximum Gasteiger partial charge on any atom is 0.248 e. The van der Waals surface area contributed by atoms with Gasteiger partial charge < -0.3 is 14.8 Å². The summed E-state index contributed by atoms with van der Waals surface area (Å²) in [6, 6.07) is 7.73. The number of rotatable bonds is 5. The summed E-state index contributed by atoms with van der Waals surface area (Å²) in [5.41, 5.74) is 0.730. The van der Waals surface area contributed by atoms with Crippen LogP contribution in [0.25, 0.3) is 11.5 Å². The number of hydrogen-bond donors (Lipinski definition) is 2. The summed E-state index contributed by atoms with van der Waals surface area (Å²) in [4.78, 5) is 0. The highest BCUT2D eigenvalue weighted by Crippen LogP contribution is 2.31. The first-order valence-corrected chi connectivity index (χ1v) is 7.45. The van der Waals surface area contributed by atoms with Gasteiger partial charge in [-0.1, -0.05) is 12.1 Å². The smallest absolute Gasteiger partial charge is 0.248 e. The summed E-state index contributed by atoms with van der Waals surface area (Å²) in [7, 11) is 0. The molecular weight excluding hydrogens is 322 g/mol. The van der Waals surface area contributed by atoms with Crippen LogP contribution in [0.3, 0.4) is 0 Å². The molecule has 0 unspecified atom stereocenters. The molecule has 1 aliphatic rings. The number of aliphatic hydroxyl groups is 1. The lowest BCUT2D eigenvalue weighted by Gasteiger charge is -2.40. The summed E-state index contributed by atoms with van der Waals surface area (Å²) in [6.07, 6.45) is 3.14. The lowest BCUT2D eigenvalue weighted by Crippen LogP contribution is -2.53. The van der Waals surface area contributed by atoms with Gasteiger partial charge >= 0.3 is 0 Å². The molecule has 0 radical (unpaired) electrons. The SMILES string of the molecule is OCC1(NCc2nnc(-c3ccccc3Br)o2)CCC1. The average molecular weight is 338 g/mol. The van der Waals surface area contributed by atoms with Gasteiger partial charge in [-0.15, -0.1) is 10.2 Å². The molecule has 0 saturated heterocycles. The Morgan fingerprint density at radius 2 is 2.10 bits per heavy atom. The van der Waals surface area contributed by atoms with E-state index in [2.05, 4.69) is 31.4 Å². The predicted molar refractivity (Wildman–Crippen MR) is 77.9 cm³/mol. The zero-order valence-corrected chi connectivity index (χ0v) is 12.6. The predicted octanol–water partition coefficient (Wildman–Crippen LogP) is 2.50. The molecule has 0 amide bonds. The first-order chi connectivity index (χ1) is 9.72. The van der Waals surface area contributed by atoms with Crippen LogP contribution in [0.15, 0.2) is 33.2 Å². The van der Waals surface area contributed by atoms with E-state index in [0.29, 0.717) is 18.3 Å². The molecular formula is C14H16BrN3O2. The van der Waals surface area contributed by atoms with E-state index in [9.17, 15) is 5.11 Å². The summed E-state index contributed by atoms with van der Waals surface area (Å²) in [5.74, 6) is 1.04. The van der Waals surface area contributed by atoms with Crippen molar-refractivity contribution >= 4 is 15.9 Å². The minimum Gasteiger partial charge on any atom is -0.419 e. The van der Waals surface area contributed by atoms with Crippen LogP contribution in [0.1, 0.15) is 25.2 Å². The van der Waals surface area contributed by atoms with Gasteiger partial charge in [0.15, 0.2) is 0 Å². The Labute approximate surface area is 125 Å². The fourth-order valence-corrected chi connectivity index (χ4v) is 2.78. The Morgan fingerprint density at radius 1 is 1.30 bits per heavy atom. The van der Waals surface area contributed by atoms with Crippen LogP contribution in [-0.4, -0.2) is 27.4 Å². The maximum atomic E-state index is 9.40. The Balaban J connectivity index is 1.70. The molecule has 2 aromatic rings. The maximum absolute atomic E-state index is 9.40. The molecule has 0 atom stereocenters. The molecule has 0 spiro atoms. The lowest BCUT2D eigenvalue weighted by atomic mass is 9.77. The number of benzene rings is 1. The second kappa shape index (κ2) is 5.63. The molecule has 1 aromatic heterocycles. The van der Waals surface area contributed by atoms with Gasteiger partial charge in [0.1, 0.15) is 0 Å². The first-order valence-electron chi connectivity index (χ1n) is 6.66. The minimum atomic E-state index is -0.151. The van der Waals surface area contributed by atoms with E-state index < -0.39 is 0 Å². The van der Waals surface area contributed by atoms with Crippen molar-refractivity contribution in [1.29, 1.82) is 0 Å². The van der Waals surface area contributed by atoms with Gasteiger partial charge in [-0.3, -0.25) is 0 Å². The van der Waals surface area contributed by atoms with Crippen LogP contribution >= 0.6 is 15.9 Å². The second-order valence-corrected chi connectivity index (χ2v) is 5.98. The molecule has 0 aliphatic heterocycles. The molecule has 1 aliphatic carbocycles. The van der Waals surface area contributed by atoms with Gasteiger partial charge in [-0.25, -0.2) is 0 Å². The van der Waals surface area contributed by atoms with E-state index in [1.54, 1.807) is 0 Å². The molecule has 3 rings (SSSR count). The van der Waals surface area contributed by atoms with E-state index in [1.807, 2.05) is 24.3 Å². The monoisotopic (exact) mass is 337 g/mol. The molecule has 1 fully saturated rings. The van der Waals surface area contributed by atoms with Gasteiger partial charge in [0.2, 0.25) is 11.8 Å². The highest BCUT2D eigenvalue weighted by Gasteiger charge is 2.36. The highest BCUT2D eigenvalue weighted by atomic mass is 79.9. The molecule has 2 N–H and O–H groups in total. The number of aromatic nitrogens is 2. The molecule has 6 heteroatoms. The van der Waals surface area contributed by atoms with Crippen LogP contribution in [-0.2, 0) is 6.54 Å². The number of nitrogens with zero attached hydrogens (tertiary/aromatic N) is 2. The van der Waals surface area contributed by atoms with Crippen molar-refractivity contribution < 1.29 is 9.52 Å². The van der Waals surface area contributed by atoms with Gasteiger partial charge in [0.25, 0.3) is 0 Å². The van der Waals surface area contributed by atoms with Gasteiger partial charge in [0, 0.05) is 10.0 Å². The van der Waals surface area contributed by atoms with Crippen molar-refractivity contribution in [2.75, 3.05) is 6.61 Å². The standard InChI is InChI=1S/C14H16BrN3O2/c15-11-5-2-1-4-10(11)13-18-17-12(20-13)8-16-14(9-19)6-3-7-14/h1-2,4-5,16,19H,3,6-9H2. The van der Waals surface area contributed by atoms with E-state index in [-0.39, 0.29) is 12.1 Å². The third-order valence-electron chi connectivity index (χ3n) is 3.80. The van der Waals surface area contributed by atoms with Crippen molar-refractivity contribution in [3.63, 3.8) is 0 Å². The highest BCUT2D eigenvalue weighted by molar-refractivity contribution is 9.10. The molecule has 5 nitrogen and oxygen atoms in total. The summed E-state index contributed by atoms with van der Waals surface area (Å²) < 4.78 is 6.59. The molecule has 20 heavy (non-hydrogen) atoms. The van der Waals surface area contributed by atoms with Crippen molar-refractivity contribution in [2.45, 2.75) is 31.3 Å². The van der Waals surface area contributed by atoms with Gasteiger partial charge in [-0.05, 0) is 47.3 Å². The van der Waals surface area contributed by atoms with Gasteiger partial charge in [-0.2, -0.15) is 0 Å². The normalized spacial score (nSPS) is 16.9. The van der Waals surface area contributed by atoms with Gasteiger partial charge in [0.05, 0.1) is 18.7 Å². The first kappa shape index (κ1) is 13.7. The Kier molecular flexibility index (Phi) is 3.87. The summed E-state index contributed by atoms with van der Waals surface area (Å²) >= 11 is 3.47. The fraction of sp³-hybridized carbons (Fsp3) is 0.429. The van der Waals surface area contributed by atoms with Crippen LogP contribution in [0.4, 0.5) is 0 Å². The van der Waals surface area contributed by atoms with Crippen molar-refractivity contribution in [3.05, 3.63) is 34.6 Å². The number of nitrogens with one attached hydrogen (secondary N) is 1. The number of halogens is 1. The molecule has 1 aromatic carbocycles. The van der Waals surface area contributed by atoms with Crippen molar-refractivity contribution in [1.82, 2.24) is 15.5 Å². The van der Waals surface area contributed by atoms with E-state index in [1.165, 1.54) is 0 Å². The Morgan fingerprint density at radius 3 is 2.75 bits per heavy atom. The van der Waals surface area contributed by atoms with Crippen LogP contribution in [0.5, 0.6) is 0 Å². The molecule has 1 heterocycles. The number of aliphatic hydroxyl groups excluding tert-OH is 1. The van der Waals surface area contributed by atoms with Crippen molar-refractivity contribution in [3.8, 4) is 11.5 Å². The third kappa shape index (κ3) is 2.63. The minimum absolute atomic E-state index is 0.151. The third-order valence-corrected chi connectivity index (χ3v) is 4.49. The van der Waals surface area contributed by atoms with Crippen LogP contribution in [0.2, 0.25) is 0 Å². The topological polar surface area (TPSA) is 71.2 Å². The zero-order valence-electron chi connectivity index (χ0n) is 11.0. The average Bonchev–Trinajstić information content (AvgIpc) is 2.87. The largest absolute Gasteiger partial charge is 0.419 e. The van der Waals surface area contributed by atoms with E-state index in [4.69, 9.17) is 4.42 Å². The summed E-state index contributed by atoms with van der Waals surface area (Å²) in [6.45, 7) is 0.635. The van der Waals surface area contributed by atoms with E-state index >= 15 is 0 Å². The zero-order chi connectivity index (χ0) is 14.0. The van der Waals surface area contributed by atoms with Crippen molar-refractivity contribution in [2.24, 2.45) is 0 Å².